The summed E-state index contributed by atoms with van der Waals surface area (Å²) in [5.41, 5.74) is 8.08. The van der Waals surface area contributed by atoms with Gasteiger partial charge in [-0.25, -0.2) is 4.98 Å². The molecular formula is C12H17N3O. The number of aliphatic hydroxyl groups is 1. The molecule has 0 fully saturated rings. The largest absolute Gasteiger partial charge is 0.385 e. The van der Waals surface area contributed by atoms with Gasteiger partial charge in [-0.1, -0.05) is 19.9 Å². The van der Waals surface area contributed by atoms with Gasteiger partial charge >= 0.3 is 0 Å². The van der Waals surface area contributed by atoms with Gasteiger partial charge in [-0.2, -0.15) is 0 Å². The van der Waals surface area contributed by atoms with Crippen LogP contribution in [-0.2, 0) is 0 Å². The second kappa shape index (κ2) is 4.23. The zero-order chi connectivity index (χ0) is 11.7. The number of aromatic nitrogens is 2. The fraction of sp³-hybridized carbons (Fsp3) is 0.417. The van der Waals surface area contributed by atoms with Gasteiger partial charge in [0.1, 0.15) is 11.8 Å². The van der Waals surface area contributed by atoms with Crippen molar-refractivity contribution in [2.24, 2.45) is 5.73 Å². The van der Waals surface area contributed by atoms with Gasteiger partial charge in [-0.05, 0) is 18.1 Å². The number of aliphatic hydroxyl groups excluding tert-OH is 1. The van der Waals surface area contributed by atoms with E-state index < -0.39 is 6.10 Å². The highest BCUT2D eigenvalue weighted by atomic mass is 16.3. The fourth-order valence-corrected chi connectivity index (χ4v) is 1.96. The Morgan fingerprint density at radius 3 is 2.81 bits per heavy atom. The predicted molar refractivity (Wildman–Crippen MR) is 63.3 cm³/mol. The first-order chi connectivity index (χ1) is 7.65. The van der Waals surface area contributed by atoms with Gasteiger partial charge in [0, 0.05) is 12.7 Å². The van der Waals surface area contributed by atoms with E-state index in [0.29, 0.717) is 11.6 Å². The minimum Gasteiger partial charge on any atom is -0.385 e. The van der Waals surface area contributed by atoms with Gasteiger partial charge in [0.2, 0.25) is 0 Å². The molecule has 86 valence electrons. The molecule has 1 unspecified atom stereocenters. The van der Waals surface area contributed by atoms with Crippen molar-refractivity contribution in [3.8, 4) is 0 Å². The molecule has 2 aromatic rings. The number of nitrogens with zero attached hydrogens (tertiary/aromatic N) is 2. The first kappa shape index (κ1) is 11.1. The summed E-state index contributed by atoms with van der Waals surface area (Å²) in [4.78, 5) is 4.44. The molecule has 2 rings (SSSR count). The fourth-order valence-electron chi connectivity index (χ4n) is 1.96. The third-order valence-corrected chi connectivity index (χ3v) is 2.68. The molecule has 0 aliphatic rings. The third-order valence-electron chi connectivity index (χ3n) is 2.68. The van der Waals surface area contributed by atoms with Crippen LogP contribution >= 0.6 is 0 Å². The molecule has 0 aromatic carbocycles. The van der Waals surface area contributed by atoms with E-state index in [4.69, 9.17) is 5.73 Å². The predicted octanol–water partition coefficient (Wildman–Crippen LogP) is 1.45. The van der Waals surface area contributed by atoms with Crippen LogP contribution in [0, 0.1) is 0 Å². The lowest BCUT2D eigenvalue weighted by Gasteiger charge is -2.11. The topological polar surface area (TPSA) is 63.5 Å². The lowest BCUT2D eigenvalue weighted by Crippen LogP contribution is -2.14. The van der Waals surface area contributed by atoms with Crippen molar-refractivity contribution in [2.75, 3.05) is 6.54 Å². The normalized spacial score (nSPS) is 13.6. The number of nitrogens with two attached hydrogens (primary N) is 1. The number of fused-ring (bicyclic) bond motifs is 1. The number of hydrogen-bond donors (Lipinski definition) is 2. The van der Waals surface area contributed by atoms with Crippen molar-refractivity contribution < 1.29 is 5.11 Å². The molecule has 4 heteroatoms. The summed E-state index contributed by atoms with van der Waals surface area (Å²) in [6.45, 7) is 4.37. The average molecular weight is 219 g/mol. The molecule has 2 aromatic heterocycles. The first-order valence-electron chi connectivity index (χ1n) is 5.50. The van der Waals surface area contributed by atoms with Crippen LogP contribution in [0.1, 0.15) is 37.3 Å². The van der Waals surface area contributed by atoms with E-state index in [2.05, 4.69) is 18.8 Å². The van der Waals surface area contributed by atoms with E-state index in [0.717, 1.165) is 11.3 Å². The molecule has 0 saturated carbocycles. The number of imidazole rings is 1. The Labute approximate surface area is 94.7 Å². The number of rotatable bonds is 3. The highest BCUT2D eigenvalue weighted by molar-refractivity contribution is 5.44. The van der Waals surface area contributed by atoms with Crippen LogP contribution in [-0.4, -0.2) is 21.0 Å². The van der Waals surface area contributed by atoms with Crippen LogP contribution < -0.4 is 5.73 Å². The quantitative estimate of drug-likeness (QED) is 0.821. The van der Waals surface area contributed by atoms with Gasteiger partial charge in [-0.15, -0.1) is 0 Å². The lowest BCUT2D eigenvalue weighted by atomic mass is 10.1. The zero-order valence-electron chi connectivity index (χ0n) is 9.59. The van der Waals surface area contributed by atoms with E-state index in [-0.39, 0.29) is 6.54 Å². The third kappa shape index (κ3) is 1.70. The minimum absolute atomic E-state index is 0.198. The monoisotopic (exact) mass is 219 g/mol. The van der Waals surface area contributed by atoms with Gasteiger partial charge in [-0.3, -0.25) is 0 Å². The molecule has 0 aliphatic carbocycles. The molecule has 16 heavy (non-hydrogen) atoms. The maximum absolute atomic E-state index is 9.86. The molecule has 1 atom stereocenters. The molecule has 3 N–H and O–H groups in total. The Kier molecular flexibility index (Phi) is 2.94. The van der Waals surface area contributed by atoms with Crippen LogP contribution in [0.15, 0.2) is 24.4 Å². The van der Waals surface area contributed by atoms with Crippen LogP contribution in [0.4, 0.5) is 0 Å². The highest BCUT2D eigenvalue weighted by Gasteiger charge is 2.19. The minimum atomic E-state index is -0.683. The van der Waals surface area contributed by atoms with Gasteiger partial charge in [0.15, 0.2) is 0 Å². The summed E-state index contributed by atoms with van der Waals surface area (Å²) in [7, 11) is 0. The van der Waals surface area contributed by atoms with E-state index in [9.17, 15) is 5.11 Å². The number of hydrogen-bond acceptors (Lipinski definition) is 3. The smallest absolute Gasteiger partial charge is 0.137 e. The summed E-state index contributed by atoms with van der Waals surface area (Å²) < 4.78 is 2.01. The molecule has 0 aliphatic heterocycles. The summed E-state index contributed by atoms with van der Waals surface area (Å²) in [5, 5.41) is 9.86. The molecule has 2 heterocycles. The van der Waals surface area contributed by atoms with Crippen LogP contribution in [0.3, 0.4) is 0 Å². The number of pyridine rings is 1. The Bertz CT molecular complexity index is 490. The standard InChI is InChI=1S/C12H17N3O/c1-8(2)12-11(9(16)7-13)14-10-5-3-4-6-15(10)12/h3-6,8-9,16H,7,13H2,1-2H3. The van der Waals surface area contributed by atoms with Crippen LogP contribution in [0.25, 0.3) is 5.65 Å². The van der Waals surface area contributed by atoms with Crippen LogP contribution in [0.5, 0.6) is 0 Å². The molecule has 0 bridgehead atoms. The maximum Gasteiger partial charge on any atom is 0.137 e. The van der Waals surface area contributed by atoms with Crippen molar-refractivity contribution in [3.63, 3.8) is 0 Å². The zero-order valence-corrected chi connectivity index (χ0v) is 9.59. The van der Waals surface area contributed by atoms with Gasteiger partial charge < -0.3 is 15.2 Å². The molecule has 0 radical (unpaired) electrons. The second-order valence-corrected chi connectivity index (χ2v) is 4.22. The Balaban J connectivity index is 2.68. The first-order valence-corrected chi connectivity index (χ1v) is 5.50. The summed E-state index contributed by atoms with van der Waals surface area (Å²) in [6.07, 6.45) is 1.28. The van der Waals surface area contributed by atoms with Gasteiger partial charge in [0.05, 0.1) is 11.4 Å². The SMILES string of the molecule is CC(C)c1c(C(O)CN)nc2ccccn12. The van der Waals surface area contributed by atoms with Crippen molar-refractivity contribution in [2.45, 2.75) is 25.9 Å². The highest BCUT2D eigenvalue weighted by Crippen LogP contribution is 2.25. The summed E-state index contributed by atoms with van der Waals surface area (Å²) in [6, 6.07) is 5.82. The molecule has 0 saturated heterocycles. The van der Waals surface area contributed by atoms with Crippen molar-refractivity contribution in [1.29, 1.82) is 0 Å². The lowest BCUT2D eigenvalue weighted by molar-refractivity contribution is 0.181. The Morgan fingerprint density at radius 2 is 2.19 bits per heavy atom. The Morgan fingerprint density at radius 1 is 1.44 bits per heavy atom. The summed E-state index contributed by atoms with van der Waals surface area (Å²) >= 11 is 0. The summed E-state index contributed by atoms with van der Waals surface area (Å²) in [5.74, 6) is 0.300. The van der Waals surface area contributed by atoms with E-state index >= 15 is 0 Å². The van der Waals surface area contributed by atoms with E-state index in [1.165, 1.54) is 0 Å². The average Bonchev–Trinajstić information content (AvgIpc) is 2.67. The molecule has 0 spiro atoms. The maximum atomic E-state index is 9.86. The van der Waals surface area contributed by atoms with E-state index in [1.807, 2.05) is 28.8 Å². The second-order valence-electron chi connectivity index (χ2n) is 4.22. The van der Waals surface area contributed by atoms with Gasteiger partial charge in [0.25, 0.3) is 0 Å². The van der Waals surface area contributed by atoms with Crippen molar-refractivity contribution in [1.82, 2.24) is 9.38 Å². The van der Waals surface area contributed by atoms with E-state index in [1.54, 1.807) is 0 Å². The Hall–Kier alpha value is -1.39. The van der Waals surface area contributed by atoms with Crippen LogP contribution in [0.2, 0.25) is 0 Å². The van der Waals surface area contributed by atoms with Crippen molar-refractivity contribution >= 4 is 5.65 Å². The molecular weight excluding hydrogens is 202 g/mol. The molecule has 0 amide bonds. The van der Waals surface area contributed by atoms with Crippen molar-refractivity contribution in [3.05, 3.63) is 35.8 Å². The molecule has 4 nitrogen and oxygen atoms in total.